The molecule has 2 aromatic rings. The van der Waals surface area contributed by atoms with Crippen molar-refractivity contribution < 1.29 is 0 Å². The van der Waals surface area contributed by atoms with Crippen molar-refractivity contribution in [2.75, 3.05) is 0 Å². The third-order valence-electron chi connectivity index (χ3n) is 1.96. The smallest absolute Gasteiger partial charge is 0.188 e. The Balaban J connectivity index is 1.86. The van der Waals surface area contributed by atoms with Gasteiger partial charge < -0.3 is 5.32 Å². The molecule has 15 heavy (non-hydrogen) atoms. The Bertz CT molecular complexity index is 420. The van der Waals surface area contributed by atoms with Crippen LogP contribution in [0.5, 0.6) is 0 Å². The zero-order chi connectivity index (χ0) is 10.7. The molecule has 0 bridgehead atoms. The molecule has 0 fully saturated rings. The van der Waals surface area contributed by atoms with E-state index in [9.17, 15) is 0 Å². The molecule has 7 heteroatoms. The fraction of sp³-hybridized carbons (Fsp3) is 0.500. The summed E-state index contributed by atoms with van der Waals surface area (Å²) in [6.45, 7) is 5.45. The predicted molar refractivity (Wildman–Crippen MR) is 56.3 cm³/mol. The van der Waals surface area contributed by atoms with Gasteiger partial charge in [-0.2, -0.15) is 5.21 Å². The van der Waals surface area contributed by atoms with Gasteiger partial charge in [-0.25, -0.2) is 4.98 Å². The SMILES string of the molecule is Cc1nc(C)c(CNCc2nn[nH]n2)s1. The molecule has 2 heterocycles. The third kappa shape index (κ3) is 2.57. The average Bonchev–Trinajstić information content (AvgIpc) is 2.77. The number of thiazole rings is 1. The first-order valence-electron chi connectivity index (χ1n) is 4.61. The maximum atomic E-state index is 4.36. The van der Waals surface area contributed by atoms with Crippen molar-refractivity contribution in [3.63, 3.8) is 0 Å². The van der Waals surface area contributed by atoms with Crippen LogP contribution >= 0.6 is 11.3 Å². The summed E-state index contributed by atoms with van der Waals surface area (Å²) in [4.78, 5) is 5.62. The van der Waals surface area contributed by atoms with E-state index in [1.807, 2.05) is 13.8 Å². The molecule has 0 unspecified atom stereocenters. The number of H-pyrrole nitrogens is 1. The number of hydrogen-bond acceptors (Lipinski definition) is 6. The summed E-state index contributed by atoms with van der Waals surface area (Å²) in [6, 6.07) is 0. The fourth-order valence-electron chi connectivity index (χ4n) is 1.28. The predicted octanol–water partition coefficient (Wildman–Crippen LogP) is 0.563. The normalized spacial score (nSPS) is 10.8. The molecule has 0 aliphatic rings. The van der Waals surface area contributed by atoms with Crippen molar-refractivity contribution in [2.45, 2.75) is 26.9 Å². The highest BCUT2D eigenvalue weighted by molar-refractivity contribution is 7.11. The summed E-state index contributed by atoms with van der Waals surface area (Å²) < 4.78 is 0. The van der Waals surface area contributed by atoms with Crippen LogP contribution in [0.1, 0.15) is 21.4 Å². The molecule has 0 spiro atoms. The van der Waals surface area contributed by atoms with Crippen LogP contribution in [0.25, 0.3) is 0 Å². The molecule has 2 aromatic heterocycles. The van der Waals surface area contributed by atoms with E-state index in [2.05, 4.69) is 30.9 Å². The highest BCUT2D eigenvalue weighted by atomic mass is 32.1. The van der Waals surface area contributed by atoms with Gasteiger partial charge in [0.2, 0.25) is 0 Å². The van der Waals surface area contributed by atoms with Gasteiger partial charge >= 0.3 is 0 Å². The third-order valence-corrected chi connectivity index (χ3v) is 3.03. The highest BCUT2D eigenvalue weighted by Gasteiger charge is 2.04. The second-order valence-corrected chi connectivity index (χ2v) is 4.46. The minimum Gasteiger partial charge on any atom is -0.305 e. The summed E-state index contributed by atoms with van der Waals surface area (Å²) in [5.74, 6) is 0.675. The Morgan fingerprint density at radius 1 is 1.33 bits per heavy atom. The molecule has 80 valence electrons. The van der Waals surface area contributed by atoms with Gasteiger partial charge in [-0.05, 0) is 13.8 Å². The zero-order valence-electron chi connectivity index (χ0n) is 8.61. The summed E-state index contributed by atoms with van der Waals surface area (Å²) in [7, 11) is 0. The molecular formula is C8H12N6S. The lowest BCUT2D eigenvalue weighted by atomic mass is 10.4. The van der Waals surface area contributed by atoms with Gasteiger partial charge in [0, 0.05) is 11.4 Å². The van der Waals surface area contributed by atoms with E-state index in [0.29, 0.717) is 12.4 Å². The van der Waals surface area contributed by atoms with Crippen molar-refractivity contribution in [3.05, 3.63) is 21.4 Å². The summed E-state index contributed by atoms with van der Waals surface area (Å²) in [6.07, 6.45) is 0. The van der Waals surface area contributed by atoms with Gasteiger partial charge in [0.05, 0.1) is 17.2 Å². The lowest BCUT2D eigenvalue weighted by molar-refractivity contribution is 0.666. The lowest BCUT2D eigenvalue weighted by Crippen LogP contribution is -2.13. The van der Waals surface area contributed by atoms with E-state index in [-0.39, 0.29) is 0 Å². The molecule has 0 radical (unpaired) electrons. The molecule has 0 aliphatic carbocycles. The number of aryl methyl sites for hydroxylation is 2. The molecule has 0 amide bonds. The highest BCUT2D eigenvalue weighted by Crippen LogP contribution is 2.16. The standard InChI is InChI=1S/C8H12N6S/c1-5-7(15-6(2)10-5)3-9-4-8-11-13-14-12-8/h9H,3-4H2,1-2H3,(H,11,12,13,14). The summed E-state index contributed by atoms with van der Waals surface area (Å²) in [5, 5.41) is 17.9. The second kappa shape index (κ2) is 4.45. The molecule has 0 saturated carbocycles. The Morgan fingerprint density at radius 3 is 2.80 bits per heavy atom. The number of aromatic amines is 1. The number of nitrogens with one attached hydrogen (secondary N) is 2. The Labute approximate surface area is 91.1 Å². The van der Waals surface area contributed by atoms with Crippen LogP contribution in [0.2, 0.25) is 0 Å². The summed E-state index contributed by atoms with van der Waals surface area (Å²) >= 11 is 1.71. The molecule has 2 N–H and O–H groups in total. The van der Waals surface area contributed by atoms with Crippen molar-refractivity contribution in [1.82, 2.24) is 30.9 Å². The van der Waals surface area contributed by atoms with E-state index in [1.165, 1.54) is 4.88 Å². The van der Waals surface area contributed by atoms with Crippen molar-refractivity contribution in [3.8, 4) is 0 Å². The first kappa shape index (κ1) is 10.2. The van der Waals surface area contributed by atoms with Gasteiger partial charge in [-0.15, -0.1) is 21.5 Å². The van der Waals surface area contributed by atoms with Crippen molar-refractivity contribution in [1.29, 1.82) is 0 Å². The first-order valence-corrected chi connectivity index (χ1v) is 5.43. The quantitative estimate of drug-likeness (QED) is 0.793. The summed E-state index contributed by atoms with van der Waals surface area (Å²) in [5.41, 5.74) is 1.10. The molecule has 0 saturated heterocycles. The van der Waals surface area contributed by atoms with Crippen LogP contribution in [0.15, 0.2) is 0 Å². The monoisotopic (exact) mass is 224 g/mol. The van der Waals surface area contributed by atoms with Crippen molar-refractivity contribution >= 4 is 11.3 Å². The van der Waals surface area contributed by atoms with E-state index < -0.39 is 0 Å². The Hall–Kier alpha value is -1.34. The molecule has 2 rings (SSSR count). The van der Waals surface area contributed by atoms with Crippen LogP contribution < -0.4 is 5.32 Å². The molecule has 0 aromatic carbocycles. The lowest BCUT2D eigenvalue weighted by Gasteiger charge is -1.99. The van der Waals surface area contributed by atoms with E-state index >= 15 is 0 Å². The number of rotatable bonds is 4. The van der Waals surface area contributed by atoms with Crippen molar-refractivity contribution in [2.24, 2.45) is 0 Å². The van der Waals surface area contributed by atoms with E-state index in [4.69, 9.17) is 0 Å². The van der Waals surface area contributed by atoms with Gasteiger partial charge in [0.15, 0.2) is 5.82 Å². The van der Waals surface area contributed by atoms with E-state index in [0.717, 1.165) is 17.2 Å². The maximum absolute atomic E-state index is 4.36. The number of aromatic nitrogens is 5. The molecule has 0 atom stereocenters. The van der Waals surface area contributed by atoms with Gasteiger partial charge in [-0.3, -0.25) is 0 Å². The average molecular weight is 224 g/mol. The van der Waals surface area contributed by atoms with Crippen LogP contribution in [-0.4, -0.2) is 25.6 Å². The van der Waals surface area contributed by atoms with Gasteiger partial charge in [0.1, 0.15) is 0 Å². The van der Waals surface area contributed by atoms with Crippen LogP contribution in [0.4, 0.5) is 0 Å². The molecule has 0 aliphatic heterocycles. The van der Waals surface area contributed by atoms with E-state index in [1.54, 1.807) is 11.3 Å². The topological polar surface area (TPSA) is 79.4 Å². The van der Waals surface area contributed by atoms with Crippen LogP contribution in [0.3, 0.4) is 0 Å². The molecule has 6 nitrogen and oxygen atoms in total. The minimum atomic E-state index is 0.618. The maximum Gasteiger partial charge on any atom is 0.188 e. The van der Waals surface area contributed by atoms with Crippen LogP contribution in [0, 0.1) is 13.8 Å². The Kier molecular flexibility index (Phi) is 3.02. The number of tetrazole rings is 1. The largest absolute Gasteiger partial charge is 0.305 e. The van der Waals surface area contributed by atoms with Gasteiger partial charge in [-0.1, -0.05) is 5.21 Å². The van der Waals surface area contributed by atoms with Gasteiger partial charge in [0.25, 0.3) is 0 Å². The second-order valence-electron chi connectivity index (χ2n) is 3.17. The Morgan fingerprint density at radius 2 is 2.20 bits per heavy atom. The molecular weight excluding hydrogens is 212 g/mol. The number of hydrogen-bond donors (Lipinski definition) is 2. The fourth-order valence-corrected chi connectivity index (χ4v) is 2.19. The first-order chi connectivity index (χ1) is 7.25. The van der Waals surface area contributed by atoms with Crippen LogP contribution in [-0.2, 0) is 13.1 Å². The minimum absolute atomic E-state index is 0.618. The zero-order valence-corrected chi connectivity index (χ0v) is 9.43. The number of nitrogens with zero attached hydrogens (tertiary/aromatic N) is 4.